The van der Waals surface area contributed by atoms with Crippen LogP contribution in [-0.2, 0) is 20.4 Å². The van der Waals surface area contributed by atoms with E-state index in [0.29, 0.717) is 0 Å². The zero-order valence-corrected chi connectivity index (χ0v) is 10.3. The van der Waals surface area contributed by atoms with E-state index in [9.17, 15) is 0 Å². The number of allylic oxidation sites excluding steroid dienone is 4. The molecule has 0 aromatic rings. The fourth-order valence-corrected chi connectivity index (χ4v) is 1.66. The van der Waals surface area contributed by atoms with E-state index in [1.807, 2.05) is 0 Å². The van der Waals surface area contributed by atoms with Crippen molar-refractivity contribution in [2.24, 2.45) is 0 Å². The van der Waals surface area contributed by atoms with Crippen molar-refractivity contribution in [2.45, 2.75) is 32.6 Å². The molecular formula is C9H13Cl2Ti. The van der Waals surface area contributed by atoms with Crippen LogP contribution in [0, 0.1) is 0 Å². The number of halogens is 2. The number of hydrogen-bond acceptors (Lipinski definition) is 0. The van der Waals surface area contributed by atoms with Gasteiger partial charge in [-0.05, 0) is 0 Å². The van der Waals surface area contributed by atoms with Gasteiger partial charge in [-0.2, -0.15) is 0 Å². The number of hydrogen-bond donors (Lipinski definition) is 0. The normalized spacial score (nSPS) is 14.2. The second kappa shape index (κ2) is 8.38. The molecule has 1 rings (SSSR count). The molecule has 0 aliphatic heterocycles. The van der Waals surface area contributed by atoms with Gasteiger partial charge in [0.15, 0.2) is 0 Å². The van der Waals surface area contributed by atoms with Gasteiger partial charge in [0.1, 0.15) is 0 Å². The maximum absolute atomic E-state index is 2.28. The summed E-state index contributed by atoms with van der Waals surface area (Å²) in [7, 11) is 0. The van der Waals surface area contributed by atoms with Crippen LogP contribution in [0.2, 0.25) is 0 Å². The summed E-state index contributed by atoms with van der Waals surface area (Å²) in [6.45, 7) is 2.24. The van der Waals surface area contributed by atoms with Gasteiger partial charge in [0.2, 0.25) is 0 Å². The fraction of sp³-hybridized carbons (Fsp3) is 0.556. The van der Waals surface area contributed by atoms with E-state index in [-0.39, 0.29) is 24.8 Å². The second-order valence-corrected chi connectivity index (χ2v) is 3.66. The van der Waals surface area contributed by atoms with Crippen LogP contribution >= 0.6 is 0 Å². The first-order valence-electron chi connectivity index (χ1n) is 3.94. The Kier molecular flexibility index (Phi) is 10.6. The molecule has 0 saturated heterocycles. The van der Waals surface area contributed by atoms with Crippen molar-refractivity contribution < 1.29 is 45.2 Å². The van der Waals surface area contributed by atoms with Gasteiger partial charge in [-0.25, -0.2) is 0 Å². The molecule has 0 spiro atoms. The van der Waals surface area contributed by atoms with Gasteiger partial charge in [-0.1, -0.05) is 0 Å². The molecule has 0 aromatic carbocycles. The average molecular weight is 240 g/mol. The van der Waals surface area contributed by atoms with Gasteiger partial charge < -0.3 is 24.8 Å². The van der Waals surface area contributed by atoms with Crippen molar-refractivity contribution in [3.05, 3.63) is 21.6 Å². The Morgan fingerprint density at radius 1 is 1.42 bits per heavy atom. The van der Waals surface area contributed by atoms with E-state index in [4.69, 9.17) is 0 Å². The van der Waals surface area contributed by atoms with Gasteiger partial charge in [-0.3, -0.25) is 0 Å². The zero-order valence-electron chi connectivity index (χ0n) is 7.24. The Morgan fingerprint density at radius 3 is 2.50 bits per heavy atom. The minimum absolute atomic E-state index is 0. The molecule has 0 amide bonds. The van der Waals surface area contributed by atoms with Crippen molar-refractivity contribution in [1.29, 1.82) is 0 Å². The van der Waals surface area contributed by atoms with Crippen LogP contribution in [0.1, 0.15) is 32.6 Å². The predicted molar refractivity (Wildman–Crippen MR) is 40.3 cm³/mol. The Hall–Kier alpha value is 0.774. The molecule has 1 aliphatic rings. The van der Waals surface area contributed by atoms with Crippen molar-refractivity contribution in [3.8, 4) is 0 Å². The van der Waals surface area contributed by atoms with Crippen LogP contribution in [0.5, 0.6) is 0 Å². The molecule has 3 heteroatoms. The summed E-state index contributed by atoms with van der Waals surface area (Å²) in [4.78, 5) is 0. The Balaban J connectivity index is 0. The summed E-state index contributed by atoms with van der Waals surface area (Å²) in [5.41, 5.74) is 1.59. The van der Waals surface area contributed by atoms with Crippen LogP contribution in [0.3, 0.4) is 0 Å². The summed E-state index contributed by atoms with van der Waals surface area (Å²) >= 11 is 2.24. The average Bonchev–Trinajstić information content (AvgIpc) is 2.31. The van der Waals surface area contributed by atoms with Gasteiger partial charge in [0.25, 0.3) is 0 Å². The Morgan fingerprint density at radius 2 is 2.08 bits per heavy atom. The molecule has 12 heavy (non-hydrogen) atoms. The molecule has 0 aromatic heterocycles. The van der Waals surface area contributed by atoms with E-state index < -0.39 is 0 Å². The molecular weight excluding hydrogens is 227 g/mol. The van der Waals surface area contributed by atoms with Crippen LogP contribution in [-0.4, -0.2) is 0 Å². The van der Waals surface area contributed by atoms with Crippen LogP contribution in [0.25, 0.3) is 0 Å². The standard InChI is InChI=1S/C9H13.2ClH.Ti/c1-2-3-6-9-7-4-5-8-9;;;/h4,7H,2-3,5-6H2,1H3;2*1H;/q;;;+2/p-2. The van der Waals surface area contributed by atoms with E-state index in [1.165, 1.54) is 25.7 Å². The molecule has 0 unspecified atom stereocenters. The summed E-state index contributed by atoms with van der Waals surface area (Å²) in [6, 6.07) is 0. The third-order valence-electron chi connectivity index (χ3n) is 1.83. The molecule has 0 radical (unpaired) electrons. The smallest absolute Gasteiger partial charge is 1.00 e. The maximum Gasteiger partial charge on any atom is -1.00 e. The van der Waals surface area contributed by atoms with Crippen LogP contribution in [0.4, 0.5) is 0 Å². The molecule has 1 aliphatic carbocycles. The number of unbranched alkanes of at least 4 members (excludes halogenated alkanes) is 1. The molecule has 67 valence electrons. The van der Waals surface area contributed by atoms with Crippen molar-refractivity contribution in [3.63, 3.8) is 0 Å². The first-order chi connectivity index (χ1) is 4.84. The predicted octanol–water partition coefficient (Wildman–Crippen LogP) is -3.05. The third-order valence-corrected chi connectivity index (χ3v) is 2.65. The van der Waals surface area contributed by atoms with E-state index >= 15 is 0 Å². The monoisotopic (exact) mass is 239 g/mol. The molecule has 0 atom stereocenters. The maximum atomic E-state index is 2.28. The molecule has 0 N–H and O–H groups in total. The summed E-state index contributed by atoms with van der Waals surface area (Å²) in [5.74, 6) is 0. The van der Waals surface area contributed by atoms with Gasteiger partial charge in [-0.15, -0.1) is 0 Å². The second-order valence-electron chi connectivity index (χ2n) is 2.71. The van der Waals surface area contributed by atoms with Gasteiger partial charge in [0.05, 0.1) is 0 Å². The summed E-state index contributed by atoms with van der Waals surface area (Å²) < 4.78 is 1.58. The van der Waals surface area contributed by atoms with Gasteiger partial charge >= 0.3 is 74.6 Å². The van der Waals surface area contributed by atoms with Crippen molar-refractivity contribution >= 4 is 0 Å². The molecule has 0 bridgehead atoms. The minimum Gasteiger partial charge on any atom is -1.00 e. The molecule has 0 fully saturated rings. The largest absolute Gasteiger partial charge is 1.00 e. The SMILES string of the molecule is CCCCC1=[C]([Ti+2])CC=C1.[Cl-].[Cl-]. The van der Waals surface area contributed by atoms with Crippen molar-refractivity contribution in [1.82, 2.24) is 0 Å². The van der Waals surface area contributed by atoms with Crippen LogP contribution in [0.15, 0.2) is 21.6 Å². The van der Waals surface area contributed by atoms with E-state index in [2.05, 4.69) is 39.5 Å². The number of rotatable bonds is 3. The molecule has 0 saturated carbocycles. The van der Waals surface area contributed by atoms with Crippen LogP contribution < -0.4 is 24.8 Å². The molecule has 0 nitrogen and oxygen atoms in total. The first kappa shape index (κ1) is 15.3. The fourth-order valence-electron chi connectivity index (χ4n) is 1.15. The zero-order chi connectivity index (χ0) is 7.40. The van der Waals surface area contributed by atoms with Crippen molar-refractivity contribution in [2.75, 3.05) is 0 Å². The Labute approximate surface area is 99.1 Å². The van der Waals surface area contributed by atoms with E-state index in [0.717, 1.165) is 0 Å². The third kappa shape index (κ3) is 4.72. The quantitative estimate of drug-likeness (QED) is 0.460. The topological polar surface area (TPSA) is 0 Å². The van der Waals surface area contributed by atoms with E-state index in [1.54, 1.807) is 9.45 Å². The first-order valence-corrected chi connectivity index (χ1v) is 4.73. The molecule has 0 heterocycles. The summed E-state index contributed by atoms with van der Waals surface area (Å²) in [6.07, 6.45) is 9.69. The Bertz CT molecular complexity index is 173. The minimum atomic E-state index is 0. The summed E-state index contributed by atoms with van der Waals surface area (Å²) in [5, 5.41) is 0. The van der Waals surface area contributed by atoms with Gasteiger partial charge in [0, 0.05) is 0 Å².